The largest absolute Gasteiger partial charge is 0.354 e. The lowest BCUT2D eigenvalue weighted by Gasteiger charge is -2.14. The molecule has 0 bridgehead atoms. The van der Waals surface area contributed by atoms with Crippen LogP contribution in [0, 0.1) is 6.92 Å². The molecule has 2 heterocycles. The van der Waals surface area contributed by atoms with Gasteiger partial charge in [-0.25, -0.2) is 0 Å². The van der Waals surface area contributed by atoms with Crippen LogP contribution in [0.15, 0.2) is 0 Å². The second kappa shape index (κ2) is 5.22. The number of aryl methyl sites for hydroxylation is 1. The molecule has 1 atom stereocenters. The zero-order valence-corrected chi connectivity index (χ0v) is 10.3. The molecule has 1 fully saturated rings. The van der Waals surface area contributed by atoms with Gasteiger partial charge in [0.25, 0.3) is 5.91 Å². The molecule has 0 aliphatic carbocycles. The van der Waals surface area contributed by atoms with Gasteiger partial charge in [-0.05, 0) is 37.7 Å². The molecule has 1 aromatic rings. The van der Waals surface area contributed by atoms with Crippen LogP contribution >= 0.6 is 11.5 Å². The summed E-state index contributed by atoms with van der Waals surface area (Å²) in [6.07, 6.45) is 2.58. The van der Waals surface area contributed by atoms with Crippen LogP contribution in [0.3, 0.4) is 0 Å². The Morgan fingerprint density at radius 1 is 1.53 bits per heavy atom. The van der Waals surface area contributed by atoms with E-state index in [1.54, 1.807) is 6.92 Å². The van der Waals surface area contributed by atoms with Gasteiger partial charge in [0, 0.05) is 6.54 Å². The number of rotatable bonds is 2. The molecule has 0 saturated carbocycles. The number of nitrogens with one attached hydrogen (secondary N) is 2. The lowest BCUT2D eigenvalue weighted by molar-refractivity contribution is -0.122. The van der Waals surface area contributed by atoms with E-state index < -0.39 is 6.04 Å². The first kappa shape index (κ1) is 12.0. The van der Waals surface area contributed by atoms with Gasteiger partial charge >= 0.3 is 0 Å². The van der Waals surface area contributed by atoms with Crippen molar-refractivity contribution in [2.75, 3.05) is 6.54 Å². The molecule has 2 rings (SSSR count). The van der Waals surface area contributed by atoms with Crippen LogP contribution in [0.2, 0.25) is 0 Å². The van der Waals surface area contributed by atoms with Gasteiger partial charge in [-0.15, -0.1) is 5.10 Å². The molecular weight excluding hydrogens is 240 g/mol. The van der Waals surface area contributed by atoms with Crippen molar-refractivity contribution in [3.05, 3.63) is 10.6 Å². The minimum absolute atomic E-state index is 0.106. The molecule has 7 heteroatoms. The summed E-state index contributed by atoms with van der Waals surface area (Å²) < 4.78 is 3.70. The van der Waals surface area contributed by atoms with Crippen LogP contribution in [-0.4, -0.2) is 34.0 Å². The molecule has 2 amide bonds. The zero-order valence-electron chi connectivity index (χ0n) is 9.52. The number of amides is 2. The Hall–Kier alpha value is -1.50. The predicted molar refractivity (Wildman–Crippen MR) is 62.8 cm³/mol. The second-order valence-electron chi connectivity index (χ2n) is 4.00. The summed E-state index contributed by atoms with van der Waals surface area (Å²) in [5.74, 6) is -0.370. The quantitative estimate of drug-likeness (QED) is 0.792. The van der Waals surface area contributed by atoms with E-state index in [2.05, 4.69) is 20.2 Å². The average Bonchev–Trinajstić information content (AvgIpc) is 2.63. The van der Waals surface area contributed by atoms with Gasteiger partial charge < -0.3 is 10.6 Å². The fraction of sp³-hybridized carbons (Fsp3) is 0.600. The molecule has 1 aliphatic heterocycles. The van der Waals surface area contributed by atoms with Crippen LogP contribution < -0.4 is 10.6 Å². The molecule has 1 aliphatic rings. The molecule has 0 spiro atoms. The first-order valence-electron chi connectivity index (χ1n) is 5.56. The molecule has 6 nitrogen and oxygen atoms in total. The second-order valence-corrected chi connectivity index (χ2v) is 4.75. The Labute approximate surface area is 103 Å². The number of nitrogens with zero attached hydrogens (tertiary/aromatic N) is 2. The highest BCUT2D eigenvalue weighted by Crippen LogP contribution is 2.11. The van der Waals surface area contributed by atoms with Gasteiger partial charge in [0.1, 0.15) is 10.9 Å². The lowest BCUT2D eigenvalue weighted by Crippen LogP contribution is -2.45. The Morgan fingerprint density at radius 3 is 3.06 bits per heavy atom. The van der Waals surface area contributed by atoms with Crippen LogP contribution in [0.4, 0.5) is 0 Å². The molecule has 92 valence electrons. The van der Waals surface area contributed by atoms with Crippen molar-refractivity contribution in [1.82, 2.24) is 20.2 Å². The maximum atomic E-state index is 11.9. The highest BCUT2D eigenvalue weighted by Gasteiger charge is 2.24. The highest BCUT2D eigenvalue weighted by molar-refractivity contribution is 7.08. The summed E-state index contributed by atoms with van der Waals surface area (Å²) in [4.78, 5) is 24.0. The van der Waals surface area contributed by atoms with Crippen molar-refractivity contribution >= 4 is 23.3 Å². The number of hydrogen-bond acceptors (Lipinski definition) is 5. The number of carbonyl (C=O) groups is 2. The first-order valence-corrected chi connectivity index (χ1v) is 6.33. The van der Waals surface area contributed by atoms with E-state index in [0.717, 1.165) is 24.4 Å². The average molecular weight is 254 g/mol. The highest BCUT2D eigenvalue weighted by atomic mass is 32.1. The summed E-state index contributed by atoms with van der Waals surface area (Å²) in [7, 11) is 0. The Bertz CT molecular complexity index is 432. The van der Waals surface area contributed by atoms with Crippen LogP contribution in [0.25, 0.3) is 0 Å². The van der Waals surface area contributed by atoms with Crippen molar-refractivity contribution in [1.29, 1.82) is 0 Å². The number of aromatic nitrogens is 2. The summed E-state index contributed by atoms with van der Waals surface area (Å²) in [6.45, 7) is 2.41. The maximum absolute atomic E-state index is 11.9. The van der Waals surface area contributed by atoms with Gasteiger partial charge in [-0.2, -0.15) is 0 Å². The maximum Gasteiger partial charge on any atom is 0.265 e. The third kappa shape index (κ3) is 2.79. The fourth-order valence-electron chi connectivity index (χ4n) is 1.74. The molecule has 0 aromatic carbocycles. The summed E-state index contributed by atoms with van der Waals surface area (Å²) >= 11 is 1.05. The minimum Gasteiger partial charge on any atom is -0.354 e. The summed E-state index contributed by atoms with van der Waals surface area (Å²) in [5.41, 5.74) is 0.599. The molecule has 0 unspecified atom stereocenters. The van der Waals surface area contributed by atoms with Gasteiger partial charge in [-0.1, -0.05) is 4.49 Å². The predicted octanol–water partition coefficient (Wildman–Crippen LogP) is 0.245. The normalized spacial score (nSPS) is 20.5. The van der Waals surface area contributed by atoms with E-state index in [-0.39, 0.29) is 11.8 Å². The minimum atomic E-state index is -0.438. The van der Waals surface area contributed by atoms with Crippen molar-refractivity contribution < 1.29 is 9.59 Å². The third-order valence-electron chi connectivity index (χ3n) is 2.70. The van der Waals surface area contributed by atoms with E-state index in [1.165, 1.54) is 0 Å². The Morgan fingerprint density at radius 2 is 2.35 bits per heavy atom. The smallest absolute Gasteiger partial charge is 0.265 e. The van der Waals surface area contributed by atoms with Gasteiger partial charge in [-0.3, -0.25) is 9.59 Å². The van der Waals surface area contributed by atoms with Crippen molar-refractivity contribution in [3.63, 3.8) is 0 Å². The van der Waals surface area contributed by atoms with E-state index in [9.17, 15) is 9.59 Å². The lowest BCUT2D eigenvalue weighted by atomic mass is 10.1. The number of carbonyl (C=O) groups excluding carboxylic acids is 2. The monoisotopic (exact) mass is 254 g/mol. The standard InChI is InChI=1S/C10H14N4O2S/c1-6-8(17-14-13-6)10(16)12-7-4-2-3-5-11-9(7)15/h7H,2-5H2,1H3,(H,11,15)(H,12,16)/t7-/m1/s1. The Balaban J connectivity index is 2.02. The van der Waals surface area contributed by atoms with Crippen molar-refractivity contribution in [2.24, 2.45) is 0 Å². The SMILES string of the molecule is Cc1nnsc1C(=O)N[C@@H]1CCCCNC1=O. The number of hydrogen-bond donors (Lipinski definition) is 2. The van der Waals surface area contributed by atoms with E-state index in [1.807, 2.05) is 0 Å². The zero-order chi connectivity index (χ0) is 12.3. The molecule has 2 N–H and O–H groups in total. The summed E-state index contributed by atoms with van der Waals surface area (Å²) in [5, 5.41) is 9.29. The van der Waals surface area contributed by atoms with E-state index in [0.29, 0.717) is 23.5 Å². The molecule has 0 radical (unpaired) electrons. The van der Waals surface area contributed by atoms with Crippen LogP contribution in [-0.2, 0) is 4.79 Å². The summed E-state index contributed by atoms with van der Waals surface area (Å²) in [6, 6.07) is -0.438. The van der Waals surface area contributed by atoms with Crippen LogP contribution in [0.1, 0.15) is 34.6 Å². The van der Waals surface area contributed by atoms with Gasteiger partial charge in [0.2, 0.25) is 5.91 Å². The topological polar surface area (TPSA) is 84.0 Å². The van der Waals surface area contributed by atoms with Crippen molar-refractivity contribution in [3.8, 4) is 0 Å². The van der Waals surface area contributed by atoms with E-state index in [4.69, 9.17) is 0 Å². The molecule has 17 heavy (non-hydrogen) atoms. The first-order chi connectivity index (χ1) is 8.18. The molecule has 1 aromatic heterocycles. The molecule has 1 saturated heterocycles. The third-order valence-corrected chi connectivity index (χ3v) is 3.53. The van der Waals surface area contributed by atoms with Gasteiger partial charge in [0.15, 0.2) is 0 Å². The van der Waals surface area contributed by atoms with Gasteiger partial charge in [0.05, 0.1) is 5.69 Å². The Kier molecular flexibility index (Phi) is 3.68. The van der Waals surface area contributed by atoms with E-state index >= 15 is 0 Å². The van der Waals surface area contributed by atoms with Crippen molar-refractivity contribution in [2.45, 2.75) is 32.2 Å². The van der Waals surface area contributed by atoms with Crippen LogP contribution in [0.5, 0.6) is 0 Å². The fourth-order valence-corrected chi connectivity index (χ4v) is 2.30. The molecular formula is C10H14N4O2S.